The van der Waals surface area contributed by atoms with Crippen LogP contribution in [0.3, 0.4) is 0 Å². The van der Waals surface area contributed by atoms with Gasteiger partial charge in [-0.05, 0) is 46.3 Å². The van der Waals surface area contributed by atoms with E-state index in [-0.39, 0.29) is 18.7 Å². The first-order valence-electron chi connectivity index (χ1n) is 10.0. The molecule has 0 amide bonds. The van der Waals surface area contributed by atoms with Gasteiger partial charge in [0.1, 0.15) is 19.6 Å². The Morgan fingerprint density at radius 1 is 1.07 bits per heavy atom. The van der Waals surface area contributed by atoms with E-state index in [1.54, 1.807) is 25.3 Å². The van der Waals surface area contributed by atoms with Gasteiger partial charge in [-0.3, -0.25) is 0 Å². The number of benzene rings is 2. The summed E-state index contributed by atoms with van der Waals surface area (Å²) in [6.07, 6.45) is 0. The van der Waals surface area contributed by atoms with Gasteiger partial charge in [0.25, 0.3) is 0 Å². The zero-order valence-corrected chi connectivity index (χ0v) is 18.4. The Hall–Kier alpha value is -1.83. The lowest BCUT2D eigenvalue weighted by molar-refractivity contribution is 0.0512. The summed E-state index contributed by atoms with van der Waals surface area (Å²) in [6.45, 7) is 13.5. The van der Waals surface area contributed by atoms with E-state index < -0.39 is 8.07 Å². The number of fused-ring (bicyclic) bond motifs is 1. The highest BCUT2D eigenvalue weighted by Crippen LogP contribution is 2.41. The van der Waals surface area contributed by atoms with Crippen LogP contribution in [0.2, 0.25) is 16.6 Å². The predicted octanol–water partition coefficient (Wildman–Crippen LogP) is 6.53. The van der Waals surface area contributed by atoms with Crippen LogP contribution in [0.25, 0.3) is 10.8 Å². The minimum Gasteiger partial charge on any atom is -0.468 e. The third kappa shape index (κ3) is 4.36. The van der Waals surface area contributed by atoms with Gasteiger partial charge in [0.15, 0.2) is 6.79 Å². The van der Waals surface area contributed by atoms with E-state index in [1.165, 1.54) is 6.07 Å². The van der Waals surface area contributed by atoms with Crippen LogP contribution in [0, 0.1) is 17.3 Å². The molecular weight excluding hydrogens is 355 g/mol. The minimum atomic E-state index is -2.00. The Bertz CT molecular complexity index is 875. The Morgan fingerprint density at radius 3 is 2.26 bits per heavy atom. The third-order valence-corrected chi connectivity index (χ3v) is 11.7. The molecule has 4 heteroatoms. The number of ether oxygens (including phenoxy) is 2. The largest absolute Gasteiger partial charge is 0.468 e. The van der Waals surface area contributed by atoms with Crippen LogP contribution < -0.4 is 4.74 Å². The molecule has 0 saturated carbocycles. The second-order valence-corrected chi connectivity index (χ2v) is 13.5. The van der Waals surface area contributed by atoms with E-state index in [0.29, 0.717) is 33.3 Å². The van der Waals surface area contributed by atoms with E-state index in [1.807, 2.05) is 0 Å². The second-order valence-electron chi connectivity index (χ2n) is 7.92. The fourth-order valence-electron chi connectivity index (χ4n) is 4.14. The normalized spacial score (nSPS) is 12.5. The molecule has 146 valence electrons. The summed E-state index contributed by atoms with van der Waals surface area (Å²) in [6, 6.07) is 6.69. The maximum Gasteiger partial charge on any atom is 0.188 e. The number of halogens is 1. The molecule has 2 rings (SSSR count). The highest BCUT2D eigenvalue weighted by atomic mass is 28.3. The maximum absolute atomic E-state index is 14.8. The molecule has 27 heavy (non-hydrogen) atoms. The average Bonchev–Trinajstić information content (AvgIpc) is 2.61. The van der Waals surface area contributed by atoms with Gasteiger partial charge in [-0.25, -0.2) is 4.39 Å². The van der Waals surface area contributed by atoms with Gasteiger partial charge in [-0.1, -0.05) is 53.5 Å². The van der Waals surface area contributed by atoms with Crippen LogP contribution in [0.1, 0.15) is 48.5 Å². The average molecular weight is 388 g/mol. The Labute approximate surface area is 165 Å². The van der Waals surface area contributed by atoms with Crippen molar-refractivity contribution in [3.63, 3.8) is 0 Å². The minimum absolute atomic E-state index is 0.101. The molecule has 2 aromatic carbocycles. The first-order chi connectivity index (χ1) is 13.1. The smallest absolute Gasteiger partial charge is 0.188 e. The molecule has 0 unspecified atom stereocenters. The van der Waals surface area contributed by atoms with Crippen LogP contribution in [-0.4, -0.2) is 22.0 Å². The molecule has 0 radical (unpaired) electrons. The van der Waals surface area contributed by atoms with Gasteiger partial charge < -0.3 is 9.47 Å². The van der Waals surface area contributed by atoms with Crippen molar-refractivity contribution in [1.82, 2.24) is 0 Å². The standard InChI is InChI=1S/C23H31FO2Si/c1-16(2)27(17(3)4,18(5)6)13-12-22-21-10-9-20(26-15-25-7)14-19(21)8-11-23(22)24/h8-11,14,16-18H,15H2,1-7H3/i10D. The van der Waals surface area contributed by atoms with Crippen molar-refractivity contribution in [3.05, 3.63) is 41.7 Å². The van der Waals surface area contributed by atoms with Crippen molar-refractivity contribution in [2.45, 2.75) is 58.2 Å². The van der Waals surface area contributed by atoms with Crippen molar-refractivity contribution >= 4 is 18.8 Å². The van der Waals surface area contributed by atoms with Gasteiger partial charge >= 0.3 is 0 Å². The van der Waals surface area contributed by atoms with E-state index in [4.69, 9.17) is 10.8 Å². The lowest BCUT2D eigenvalue weighted by Gasteiger charge is -2.38. The summed E-state index contributed by atoms with van der Waals surface area (Å²) in [5.41, 5.74) is 5.27. The van der Waals surface area contributed by atoms with E-state index in [9.17, 15) is 4.39 Å². The summed E-state index contributed by atoms with van der Waals surface area (Å²) in [5, 5.41) is 1.28. The quantitative estimate of drug-likeness (QED) is 0.319. The molecule has 0 N–H and O–H groups in total. The van der Waals surface area contributed by atoms with Crippen molar-refractivity contribution in [1.29, 1.82) is 0 Å². The van der Waals surface area contributed by atoms with Crippen molar-refractivity contribution < 1.29 is 15.2 Å². The van der Waals surface area contributed by atoms with E-state index >= 15 is 0 Å². The van der Waals surface area contributed by atoms with Gasteiger partial charge in [0, 0.05) is 12.5 Å². The van der Waals surface area contributed by atoms with Crippen molar-refractivity contribution in [2.24, 2.45) is 0 Å². The van der Waals surface area contributed by atoms with Crippen LogP contribution in [0.15, 0.2) is 30.3 Å². The number of hydrogen-bond donors (Lipinski definition) is 0. The SMILES string of the molecule is [2H]c1cc(OCOC)cc2ccc(F)c(C#C[Si](C(C)C)(C(C)C)C(C)C)c12. The highest BCUT2D eigenvalue weighted by molar-refractivity contribution is 6.90. The van der Waals surface area contributed by atoms with E-state index in [0.717, 1.165) is 5.39 Å². The van der Waals surface area contributed by atoms with Crippen LogP contribution in [0.5, 0.6) is 5.75 Å². The number of methoxy groups -OCH3 is 1. The molecule has 0 aromatic heterocycles. The first-order valence-corrected chi connectivity index (χ1v) is 11.8. The lowest BCUT2D eigenvalue weighted by atomic mass is 10.0. The molecule has 0 aliphatic carbocycles. The van der Waals surface area contributed by atoms with Gasteiger partial charge in [-0.2, -0.15) is 0 Å². The van der Waals surface area contributed by atoms with Crippen LogP contribution >= 0.6 is 0 Å². The Morgan fingerprint density at radius 2 is 1.70 bits per heavy atom. The summed E-state index contributed by atoms with van der Waals surface area (Å²) in [5.74, 6) is 3.35. The summed E-state index contributed by atoms with van der Waals surface area (Å²) < 4.78 is 33.6. The molecule has 0 aliphatic rings. The topological polar surface area (TPSA) is 18.5 Å². The van der Waals surface area contributed by atoms with Crippen LogP contribution in [0.4, 0.5) is 4.39 Å². The van der Waals surface area contributed by atoms with Gasteiger partial charge in [0.05, 0.1) is 6.93 Å². The van der Waals surface area contributed by atoms with E-state index in [2.05, 4.69) is 53.0 Å². The fourth-order valence-corrected chi connectivity index (χ4v) is 9.35. The molecule has 2 nitrogen and oxygen atoms in total. The molecule has 0 heterocycles. The summed E-state index contributed by atoms with van der Waals surface area (Å²) in [4.78, 5) is 0. The Balaban J connectivity index is 2.68. The Kier molecular flexibility index (Phi) is 6.57. The van der Waals surface area contributed by atoms with Gasteiger partial charge in [0.2, 0.25) is 0 Å². The summed E-state index contributed by atoms with van der Waals surface area (Å²) in [7, 11) is -0.455. The molecule has 0 atom stereocenters. The van der Waals surface area contributed by atoms with Crippen molar-refractivity contribution in [2.75, 3.05) is 13.9 Å². The highest BCUT2D eigenvalue weighted by Gasteiger charge is 2.41. The van der Waals surface area contributed by atoms with Crippen molar-refractivity contribution in [3.8, 4) is 17.2 Å². The first kappa shape index (κ1) is 19.9. The fraction of sp³-hybridized carbons (Fsp3) is 0.478. The molecule has 0 spiro atoms. The molecule has 0 fully saturated rings. The zero-order valence-electron chi connectivity index (χ0n) is 18.4. The molecule has 0 aliphatic heterocycles. The predicted molar refractivity (Wildman–Crippen MR) is 114 cm³/mol. The summed E-state index contributed by atoms with van der Waals surface area (Å²) >= 11 is 0. The molecule has 0 saturated heterocycles. The lowest BCUT2D eigenvalue weighted by Crippen LogP contribution is -2.43. The second kappa shape index (κ2) is 8.90. The zero-order chi connectivity index (χ0) is 21.1. The molecular formula is C23H31FO2Si. The number of rotatable bonds is 6. The molecule has 2 aromatic rings. The maximum atomic E-state index is 14.8. The molecule has 0 bridgehead atoms. The van der Waals surface area contributed by atoms with Crippen LogP contribution in [-0.2, 0) is 4.74 Å². The monoisotopic (exact) mass is 387 g/mol. The number of hydrogen-bond acceptors (Lipinski definition) is 2. The third-order valence-electron chi connectivity index (χ3n) is 5.46. The van der Waals surface area contributed by atoms with Gasteiger partial charge in [-0.15, -0.1) is 5.54 Å².